The van der Waals surface area contributed by atoms with E-state index in [1.807, 2.05) is 0 Å². The molecule has 3 aromatic rings. The molecule has 0 amide bonds. The van der Waals surface area contributed by atoms with Crippen LogP contribution >= 0.6 is 11.8 Å². The van der Waals surface area contributed by atoms with Crippen molar-refractivity contribution < 1.29 is 17.4 Å². The molecular formula is C16H18N4O4S2. The fraction of sp³-hybridized carbons (Fsp3) is 0.312. The fourth-order valence-electron chi connectivity index (χ4n) is 2.33. The zero-order valence-corrected chi connectivity index (χ0v) is 16.0. The zero-order chi connectivity index (χ0) is 18.6. The highest BCUT2D eigenvalue weighted by molar-refractivity contribution is 7.98. The molecule has 0 aliphatic carbocycles. The van der Waals surface area contributed by atoms with Gasteiger partial charge in [-0.3, -0.25) is 0 Å². The van der Waals surface area contributed by atoms with Crippen molar-refractivity contribution in [1.82, 2.24) is 19.7 Å². The van der Waals surface area contributed by atoms with Gasteiger partial charge in [-0.05, 0) is 18.2 Å². The van der Waals surface area contributed by atoms with E-state index in [1.165, 1.54) is 22.3 Å². The molecule has 0 spiro atoms. The van der Waals surface area contributed by atoms with E-state index in [0.717, 1.165) is 5.69 Å². The summed E-state index contributed by atoms with van der Waals surface area (Å²) in [4.78, 5) is 0.203. The summed E-state index contributed by atoms with van der Waals surface area (Å²) < 4.78 is 37.1. The van der Waals surface area contributed by atoms with E-state index >= 15 is 0 Å². The van der Waals surface area contributed by atoms with Crippen LogP contribution < -0.4 is 0 Å². The lowest BCUT2D eigenvalue weighted by atomic mass is 10.2. The molecule has 0 fully saturated rings. The van der Waals surface area contributed by atoms with Gasteiger partial charge in [-0.1, -0.05) is 36.8 Å². The third kappa shape index (κ3) is 3.97. The molecule has 0 unspecified atom stereocenters. The quantitative estimate of drug-likeness (QED) is 0.537. The van der Waals surface area contributed by atoms with Crippen LogP contribution in [0.1, 0.15) is 19.5 Å². The standard InChI is InChI=1S/C16H18N4O4S2/c1-3-20(4-2)26(21,22)14-7-5-6-12(10-14)15-17-18-16(24-15)25-11-13-8-9-23-19-13/h5-10H,3-4,11H2,1-2H3. The summed E-state index contributed by atoms with van der Waals surface area (Å²) >= 11 is 1.33. The van der Waals surface area contributed by atoms with Crippen LogP contribution in [0.15, 0.2) is 55.7 Å². The molecule has 3 rings (SSSR count). The van der Waals surface area contributed by atoms with Crippen LogP contribution in [0.25, 0.3) is 11.5 Å². The number of nitrogens with zero attached hydrogens (tertiary/aromatic N) is 4. The second kappa shape index (κ2) is 8.02. The van der Waals surface area contributed by atoms with Crippen LogP contribution in [-0.2, 0) is 15.8 Å². The SMILES string of the molecule is CCN(CC)S(=O)(=O)c1cccc(-c2nnc(SCc3ccon3)o2)c1. The first-order chi connectivity index (χ1) is 12.5. The van der Waals surface area contributed by atoms with Crippen LogP contribution in [0.5, 0.6) is 0 Å². The van der Waals surface area contributed by atoms with Gasteiger partial charge < -0.3 is 8.94 Å². The maximum atomic E-state index is 12.7. The molecule has 2 aromatic heterocycles. The van der Waals surface area contributed by atoms with Crippen molar-refractivity contribution in [3.05, 3.63) is 42.3 Å². The van der Waals surface area contributed by atoms with Gasteiger partial charge in [0, 0.05) is 30.5 Å². The van der Waals surface area contributed by atoms with Gasteiger partial charge in [0.05, 0.1) is 10.6 Å². The Labute approximate surface area is 155 Å². The van der Waals surface area contributed by atoms with Gasteiger partial charge in [0.15, 0.2) is 0 Å². The first-order valence-corrected chi connectivity index (χ1v) is 10.4. The van der Waals surface area contributed by atoms with Crippen LogP contribution in [0.4, 0.5) is 0 Å². The molecular weight excluding hydrogens is 376 g/mol. The lowest BCUT2D eigenvalue weighted by molar-refractivity contribution is 0.414. The van der Waals surface area contributed by atoms with Crippen LogP contribution in [0.3, 0.4) is 0 Å². The lowest BCUT2D eigenvalue weighted by Gasteiger charge is -2.18. The zero-order valence-electron chi connectivity index (χ0n) is 14.3. The first-order valence-electron chi connectivity index (χ1n) is 8.00. The number of hydrogen-bond acceptors (Lipinski definition) is 8. The van der Waals surface area contributed by atoms with Gasteiger partial charge in [-0.15, -0.1) is 10.2 Å². The number of hydrogen-bond donors (Lipinski definition) is 0. The van der Waals surface area contributed by atoms with Crippen molar-refractivity contribution in [2.75, 3.05) is 13.1 Å². The van der Waals surface area contributed by atoms with E-state index in [4.69, 9.17) is 8.94 Å². The van der Waals surface area contributed by atoms with Crippen LogP contribution in [0, 0.1) is 0 Å². The summed E-state index contributed by atoms with van der Waals surface area (Å²) in [5, 5.41) is 12.2. The Balaban J connectivity index is 1.80. The molecule has 0 N–H and O–H groups in total. The molecule has 10 heteroatoms. The minimum Gasteiger partial charge on any atom is -0.411 e. The average molecular weight is 394 g/mol. The number of rotatable bonds is 8. The topological polar surface area (TPSA) is 102 Å². The molecule has 26 heavy (non-hydrogen) atoms. The van der Waals surface area contributed by atoms with E-state index in [2.05, 4.69) is 15.4 Å². The largest absolute Gasteiger partial charge is 0.411 e. The predicted octanol–water partition coefficient (Wildman–Crippen LogP) is 3.05. The van der Waals surface area contributed by atoms with Gasteiger partial charge in [-0.25, -0.2) is 8.42 Å². The van der Waals surface area contributed by atoms with Crippen molar-refractivity contribution >= 4 is 21.8 Å². The van der Waals surface area contributed by atoms with Crippen molar-refractivity contribution in [2.24, 2.45) is 0 Å². The second-order valence-corrected chi connectivity index (χ2v) is 8.13. The molecule has 0 atom stereocenters. The Morgan fingerprint density at radius 3 is 2.65 bits per heavy atom. The minimum atomic E-state index is -3.55. The number of sulfonamides is 1. The minimum absolute atomic E-state index is 0.203. The number of benzene rings is 1. The highest BCUT2D eigenvalue weighted by atomic mass is 32.2. The molecule has 0 aliphatic rings. The van der Waals surface area contributed by atoms with Crippen LogP contribution in [-0.4, -0.2) is 41.2 Å². The number of thioether (sulfide) groups is 1. The first kappa shape index (κ1) is 18.6. The third-order valence-electron chi connectivity index (χ3n) is 3.67. The molecule has 8 nitrogen and oxygen atoms in total. The Hall–Kier alpha value is -2.17. The fourth-order valence-corrected chi connectivity index (χ4v) is 4.50. The average Bonchev–Trinajstić information content (AvgIpc) is 3.33. The van der Waals surface area contributed by atoms with Crippen molar-refractivity contribution in [3.8, 4) is 11.5 Å². The van der Waals surface area contributed by atoms with Crippen LogP contribution in [0.2, 0.25) is 0 Å². The van der Waals surface area contributed by atoms with Gasteiger partial charge >= 0.3 is 0 Å². The maximum absolute atomic E-state index is 12.7. The molecule has 0 bridgehead atoms. The van der Waals surface area contributed by atoms with E-state index in [-0.39, 0.29) is 10.8 Å². The van der Waals surface area contributed by atoms with Gasteiger partial charge in [0.2, 0.25) is 15.9 Å². The third-order valence-corrected chi connectivity index (χ3v) is 6.56. The lowest BCUT2D eigenvalue weighted by Crippen LogP contribution is -2.30. The molecule has 138 valence electrons. The van der Waals surface area contributed by atoms with E-state index in [1.54, 1.807) is 44.2 Å². The summed E-state index contributed by atoms with van der Waals surface area (Å²) in [5.41, 5.74) is 1.32. The van der Waals surface area contributed by atoms with E-state index in [9.17, 15) is 8.42 Å². The molecule has 2 heterocycles. The summed E-state index contributed by atoms with van der Waals surface area (Å²) in [6, 6.07) is 8.27. The van der Waals surface area contributed by atoms with E-state index < -0.39 is 10.0 Å². The predicted molar refractivity (Wildman–Crippen MR) is 95.9 cm³/mol. The van der Waals surface area contributed by atoms with Crippen molar-refractivity contribution in [2.45, 2.75) is 29.7 Å². The Morgan fingerprint density at radius 2 is 1.96 bits per heavy atom. The summed E-state index contributed by atoms with van der Waals surface area (Å²) in [5.74, 6) is 0.804. The molecule has 0 saturated carbocycles. The Kier molecular flexibility index (Phi) is 5.74. The molecule has 0 radical (unpaired) electrons. The molecule has 0 saturated heterocycles. The molecule has 1 aromatic carbocycles. The second-order valence-electron chi connectivity index (χ2n) is 5.27. The highest BCUT2D eigenvalue weighted by Gasteiger charge is 2.22. The van der Waals surface area contributed by atoms with E-state index in [0.29, 0.717) is 29.6 Å². The van der Waals surface area contributed by atoms with Crippen molar-refractivity contribution in [3.63, 3.8) is 0 Å². The Bertz CT molecular complexity index is 950. The summed E-state index contributed by atoms with van der Waals surface area (Å²) in [6.07, 6.45) is 1.50. The molecule has 0 aliphatic heterocycles. The highest BCUT2D eigenvalue weighted by Crippen LogP contribution is 2.27. The van der Waals surface area contributed by atoms with Gasteiger partial charge in [-0.2, -0.15) is 4.31 Å². The summed E-state index contributed by atoms with van der Waals surface area (Å²) in [7, 11) is -3.55. The smallest absolute Gasteiger partial charge is 0.277 e. The van der Waals surface area contributed by atoms with Gasteiger partial charge in [0.25, 0.3) is 5.22 Å². The maximum Gasteiger partial charge on any atom is 0.277 e. The number of aromatic nitrogens is 3. The summed E-state index contributed by atoms with van der Waals surface area (Å²) in [6.45, 7) is 4.43. The Morgan fingerprint density at radius 1 is 1.15 bits per heavy atom. The van der Waals surface area contributed by atoms with Crippen molar-refractivity contribution in [1.29, 1.82) is 0 Å². The van der Waals surface area contributed by atoms with Gasteiger partial charge in [0.1, 0.15) is 6.26 Å². The monoisotopic (exact) mass is 394 g/mol. The normalized spacial score (nSPS) is 12.0.